The van der Waals surface area contributed by atoms with Crippen LogP contribution in [0.25, 0.3) is 0 Å². The molecule has 8 heteroatoms. The summed E-state index contributed by atoms with van der Waals surface area (Å²) in [5, 5.41) is 3.15. The number of rotatable bonds is 5. The van der Waals surface area contributed by atoms with Crippen molar-refractivity contribution in [3.8, 4) is 0 Å². The van der Waals surface area contributed by atoms with Gasteiger partial charge < -0.3 is 15.8 Å². The molecule has 2 atom stereocenters. The highest BCUT2D eigenvalue weighted by atomic mass is 32.2. The maximum absolute atomic E-state index is 13.3. The van der Waals surface area contributed by atoms with Crippen molar-refractivity contribution < 1.29 is 17.9 Å². The number of hydrogen-bond donors (Lipinski definition) is 2. The molecule has 1 amide bonds. The monoisotopic (exact) mass is 501 g/mol. The lowest BCUT2D eigenvalue weighted by molar-refractivity contribution is 0.0789. The van der Waals surface area contributed by atoms with Gasteiger partial charge in [0.2, 0.25) is 10.0 Å². The molecule has 0 fully saturated rings. The normalized spacial score (nSPS) is 21.9. The van der Waals surface area contributed by atoms with Crippen LogP contribution in [0.1, 0.15) is 67.1 Å². The Morgan fingerprint density at radius 2 is 1.89 bits per heavy atom. The zero-order valence-corrected chi connectivity index (χ0v) is 22.2. The van der Waals surface area contributed by atoms with Gasteiger partial charge in [-0.25, -0.2) is 8.42 Å². The van der Waals surface area contributed by atoms with Crippen molar-refractivity contribution in [1.29, 1.82) is 0 Å². The maximum Gasteiger partial charge on any atom is 0.251 e. The van der Waals surface area contributed by atoms with Crippen LogP contribution < -0.4 is 15.4 Å². The van der Waals surface area contributed by atoms with E-state index in [1.165, 1.54) is 16.1 Å². The van der Waals surface area contributed by atoms with Gasteiger partial charge in [-0.1, -0.05) is 38.1 Å². The summed E-state index contributed by atoms with van der Waals surface area (Å²) in [5.41, 5.74) is 10.0. The van der Waals surface area contributed by atoms with E-state index in [0.29, 0.717) is 37.2 Å². The van der Waals surface area contributed by atoms with Crippen LogP contribution in [0.4, 0.5) is 5.69 Å². The van der Waals surface area contributed by atoms with E-state index in [4.69, 9.17) is 10.5 Å². The summed E-state index contributed by atoms with van der Waals surface area (Å²) >= 11 is 0. The minimum atomic E-state index is -3.51. The van der Waals surface area contributed by atoms with Crippen LogP contribution in [-0.2, 0) is 34.2 Å². The average molecular weight is 502 g/mol. The summed E-state index contributed by atoms with van der Waals surface area (Å²) in [6.07, 6.45) is 4.97. The van der Waals surface area contributed by atoms with Gasteiger partial charge in [-0.15, -0.1) is 0 Å². The minimum absolute atomic E-state index is 0.00356. The highest BCUT2D eigenvalue weighted by Crippen LogP contribution is 2.24. The topological polar surface area (TPSA) is 102 Å². The number of nitrogens with two attached hydrogens (primary N) is 1. The molecule has 1 heterocycles. The summed E-state index contributed by atoms with van der Waals surface area (Å²) in [7, 11) is -3.51. The van der Waals surface area contributed by atoms with Crippen LogP contribution in [0.3, 0.4) is 0 Å². The van der Waals surface area contributed by atoms with Gasteiger partial charge in [0.1, 0.15) is 0 Å². The van der Waals surface area contributed by atoms with Crippen molar-refractivity contribution in [2.75, 3.05) is 23.7 Å². The molecule has 4 bridgehead atoms. The van der Waals surface area contributed by atoms with Gasteiger partial charge in [0.05, 0.1) is 25.2 Å². The second-order valence-corrected chi connectivity index (χ2v) is 11.9. The van der Waals surface area contributed by atoms with E-state index < -0.39 is 15.6 Å². The molecule has 2 aromatic rings. The summed E-state index contributed by atoms with van der Waals surface area (Å²) in [6.45, 7) is 6.83. The second kappa shape index (κ2) is 11.5. The molecule has 0 aliphatic carbocycles. The number of nitrogens with zero attached hydrogens (tertiary/aromatic N) is 1. The molecule has 35 heavy (non-hydrogen) atoms. The van der Waals surface area contributed by atoms with Crippen LogP contribution in [0.2, 0.25) is 0 Å². The quantitative estimate of drug-likeness (QED) is 0.649. The summed E-state index contributed by atoms with van der Waals surface area (Å²) < 4.78 is 32.4. The fourth-order valence-corrected chi connectivity index (χ4v) is 5.53. The number of sulfonamides is 1. The van der Waals surface area contributed by atoms with Crippen molar-refractivity contribution in [3.63, 3.8) is 0 Å². The molecule has 0 saturated carbocycles. The number of fused-ring (bicyclic) bond motifs is 4. The largest absolute Gasteiger partial charge is 0.375 e. The Morgan fingerprint density at radius 3 is 2.57 bits per heavy atom. The van der Waals surface area contributed by atoms with Crippen molar-refractivity contribution in [2.45, 2.75) is 71.1 Å². The number of ether oxygens (including phenoxy) is 1. The third-order valence-corrected chi connectivity index (χ3v) is 7.46. The first-order chi connectivity index (χ1) is 16.5. The van der Waals surface area contributed by atoms with Gasteiger partial charge in [0, 0.05) is 23.7 Å². The van der Waals surface area contributed by atoms with Gasteiger partial charge >= 0.3 is 0 Å². The molecule has 0 unspecified atom stereocenters. The van der Waals surface area contributed by atoms with E-state index in [9.17, 15) is 13.2 Å². The number of nitrogens with one attached hydrogen (secondary N) is 1. The fraction of sp³-hybridized carbons (Fsp3) is 0.519. The Balaban J connectivity index is 1.99. The van der Waals surface area contributed by atoms with Crippen molar-refractivity contribution >= 4 is 21.6 Å². The molecule has 7 nitrogen and oxygen atoms in total. The number of aryl methyl sites for hydroxylation is 1. The molecule has 0 spiro atoms. The Bertz CT molecular complexity index is 1130. The van der Waals surface area contributed by atoms with Gasteiger partial charge in [-0.2, -0.15) is 0 Å². The van der Waals surface area contributed by atoms with Gasteiger partial charge in [0.25, 0.3) is 5.91 Å². The van der Waals surface area contributed by atoms with Crippen LogP contribution in [-0.4, -0.2) is 45.3 Å². The maximum atomic E-state index is 13.3. The summed E-state index contributed by atoms with van der Waals surface area (Å²) in [5.74, 6) is -0.214. The minimum Gasteiger partial charge on any atom is -0.375 e. The molecular weight excluding hydrogens is 462 g/mol. The Kier molecular flexibility index (Phi) is 8.96. The first-order valence-electron chi connectivity index (χ1n) is 12.4. The second-order valence-electron chi connectivity index (χ2n) is 9.98. The predicted molar refractivity (Wildman–Crippen MR) is 141 cm³/mol. The SMILES string of the molecule is CCCN(c1cc2cc(c1)C(=O)N[C@@H](CC)CCc1cccc(c1)C[C@@](C)(N)COC2)S(C)(=O)=O. The third kappa shape index (κ3) is 7.78. The molecule has 0 saturated heterocycles. The Labute approximate surface area is 210 Å². The van der Waals surface area contributed by atoms with Gasteiger partial charge in [-0.3, -0.25) is 9.10 Å². The van der Waals surface area contributed by atoms with Crippen LogP contribution in [0.15, 0.2) is 42.5 Å². The number of amides is 1. The van der Waals surface area contributed by atoms with Gasteiger partial charge in [-0.05, 0) is 73.9 Å². The van der Waals surface area contributed by atoms with Crippen molar-refractivity contribution in [2.24, 2.45) is 5.73 Å². The van der Waals surface area contributed by atoms with Crippen LogP contribution in [0, 0.1) is 0 Å². The molecule has 2 aromatic carbocycles. The zero-order valence-electron chi connectivity index (χ0n) is 21.3. The van der Waals surface area contributed by atoms with Crippen LogP contribution >= 0.6 is 0 Å². The summed E-state index contributed by atoms with van der Waals surface area (Å²) in [4.78, 5) is 13.3. The lowest BCUT2D eigenvalue weighted by Crippen LogP contribution is -2.43. The van der Waals surface area contributed by atoms with Crippen molar-refractivity contribution in [3.05, 3.63) is 64.7 Å². The molecule has 1 aliphatic rings. The number of anilines is 1. The number of hydrogen-bond acceptors (Lipinski definition) is 5. The van der Waals surface area contributed by atoms with E-state index in [1.54, 1.807) is 18.2 Å². The predicted octanol–water partition coefficient (Wildman–Crippen LogP) is 3.79. The smallest absolute Gasteiger partial charge is 0.251 e. The fourth-order valence-electron chi connectivity index (χ4n) is 4.52. The average Bonchev–Trinajstić information content (AvgIpc) is 2.78. The first kappa shape index (κ1) is 27.2. The Hall–Kier alpha value is -2.42. The molecule has 1 aliphatic heterocycles. The number of carbonyl (C=O) groups is 1. The molecule has 3 N–H and O–H groups in total. The summed E-state index contributed by atoms with van der Waals surface area (Å²) in [6, 6.07) is 13.7. The van der Waals surface area contributed by atoms with E-state index in [-0.39, 0.29) is 18.6 Å². The van der Waals surface area contributed by atoms with E-state index in [0.717, 1.165) is 30.4 Å². The molecule has 192 valence electrons. The first-order valence-corrected chi connectivity index (χ1v) is 14.2. The molecule has 0 radical (unpaired) electrons. The molecular formula is C27H39N3O4S. The van der Waals surface area contributed by atoms with E-state index in [1.807, 2.05) is 13.8 Å². The zero-order chi connectivity index (χ0) is 25.6. The van der Waals surface area contributed by atoms with E-state index in [2.05, 4.69) is 36.5 Å². The lowest BCUT2D eigenvalue weighted by atomic mass is 9.92. The standard InChI is InChI=1S/C27H39N3O4S/c1-5-12-30(35(4,32)33)25-15-22-14-23(16-25)26(31)29-24(6-2)11-10-20-8-7-9-21(13-20)17-27(3,28)19-34-18-22/h7-9,13-16,24H,5-6,10-12,17-19,28H2,1-4H3,(H,29,31)/t24-,27+/m0/s1. The molecule has 0 aromatic heterocycles. The van der Waals surface area contributed by atoms with Gasteiger partial charge in [0.15, 0.2) is 0 Å². The highest BCUT2D eigenvalue weighted by molar-refractivity contribution is 7.92. The highest BCUT2D eigenvalue weighted by Gasteiger charge is 2.23. The third-order valence-electron chi connectivity index (χ3n) is 6.26. The van der Waals surface area contributed by atoms with Crippen molar-refractivity contribution in [1.82, 2.24) is 5.32 Å². The van der Waals surface area contributed by atoms with Crippen LogP contribution in [0.5, 0.6) is 0 Å². The number of carbonyl (C=O) groups excluding carboxylic acids is 1. The Morgan fingerprint density at radius 1 is 1.14 bits per heavy atom. The molecule has 3 rings (SSSR count). The number of benzene rings is 2. The van der Waals surface area contributed by atoms with E-state index >= 15 is 0 Å². The lowest BCUT2D eigenvalue weighted by Gasteiger charge is -2.26.